The summed E-state index contributed by atoms with van der Waals surface area (Å²) in [5.41, 5.74) is 0.626. The first-order chi connectivity index (χ1) is 9.86. The number of hydrogen-bond acceptors (Lipinski definition) is 8. The molecule has 3 rings (SSSR count). The second-order valence-corrected chi connectivity index (χ2v) is 4.22. The number of anilines is 2. The van der Waals surface area contributed by atoms with E-state index in [0.717, 1.165) is 13.1 Å². The summed E-state index contributed by atoms with van der Waals surface area (Å²) in [6.45, 7) is 2.91. The van der Waals surface area contributed by atoms with Crippen LogP contribution in [0.4, 0.5) is 11.9 Å². The third kappa shape index (κ3) is 2.64. The Kier molecular flexibility index (Phi) is 3.64. The van der Waals surface area contributed by atoms with Crippen molar-refractivity contribution < 1.29 is 4.74 Å². The molecule has 2 aromatic rings. The Morgan fingerprint density at radius 3 is 2.70 bits per heavy atom. The number of nitrogens with one attached hydrogen (secondary N) is 1. The molecule has 0 aliphatic carbocycles. The van der Waals surface area contributed by atoms with E-state index in [9.17, 15) is 0 Å². The molecule has 1 aliphatic rings. The maximum atomic E-state index is 5.34. The van der Waals surface area contributed by atoms with Gasteiger partial charge in [-0.3, -0.25) is 4.98 Å². The smallest absolute Gasteiger partial charge is 0.230 e. The summed E-state index contributed by atoms with van der Waals surface area (Å²) in [5.74, 6) is 1.66. The topological polar surface area (TPSA) is 89.0 Å². The minimum absolute atomic E-state index is 0.513. The SMILES string of the molecule is CNc1nc(-c2cnccn2)nc(N2CCOCC2)n1. The van der Waals surface area contributed by atoms with E-state index in [2.05, 4.69) is 35.1 Å². The number of rotatable bonds is 3. The van der Waals surface area contributed by atoms with Crippen molar-refractivity contribution in [2.45, 2.75) is 0 Å². The third-order valence-corrected chi connectivity index (χ3v) is 2.93. The van der Waals surface area contributed by atoms with Crippen LogP contribution in [0.15, 0.2) is 18.6 Å². The highest BCUT2D eigenvalue weighted by Gasteiger charge is 2.17. The zero-order valence-corrected chi connectivity index (χ0v) is 11.2. The number of morpholine rings is 1. The standard InChI is InChI=1S/C12H15N7O/c1-13-11-16-10(9-8-14-2-3-15-9)17-12(18-11)19-4-6-20-7-5-19/h2-3,8H,4-7H2,1H3,(H,13,16,17,18). The van der Waals surface area contributed by atoms with Gasteiger partial charge in [0.2, 0.25) is 11.9 Å². The second kappa shape index (κ2) is 5.74. The highest BCUT2D eigenvalue weighted by Crippen LogP contribution is 2.17. The Balaban J connectivity index is 1.98. The second-order valence-electron chi connectivity index (χ2n) is 4.22. The Hall–Kier alpha value is -2.35. The van der Waals surface area contributed by atoms with Gasteiger partial charge in [-0.2, -0.15) is 15.0 Å². The quantitative estimate of drug-likeness (QED) is 0.848. The Morgan fingerprint density at radius 1 is 1.15 bits per heavy atom. The first-order valence-electron chi connectivity index (χ1n) is 6.40. The van der Waals surface area contributed by atoms with E-state index in [1.54, 1.807) is 25.6 Å². The van der Waals surface area contributed by atoms with Gasteiger partial charge < -0.3 is 15.0 Å². The molecule has 0 atom stereocenters. The van der Waals surface area contributed by atoms with Crippen molar-refractivity contribution in [3.8, 4) is 11.5 Å². The van der Waals surface area contributed by atoms with Gasteiger partial charge in [0, 0.05) is 32.5 Å². The van der Waals surface area contributed by atoms with Crippen LogP contribution in [0.3, 0.4) is 0 Å². The first-order valence-corrected chi connectivity index (χ1v) is 6.40. The van der Waals surface area contributed by atoms with E-state index in [1.807, 2.05) is 0 Å². The molecule has 0 aromatic carbocycles. The van der Waals surface area contributed by atoms with Crippen LogP contribution in [0.1, 0.15) is 0 Å². The Morgan fingerprint density at radius 2 is 2.00 bits per heavy atom. The molecule has 0 unspecified atom stereocenters. The normalized spacial score (nSPS) is 15.2. The molecule has 0 amide bonds. The lowest BCUT2D eigenvalue weighted by atomic mass is 10.4. The lowest BCUT2D eigenvalue weighted by Gasteiger charge is -2.26. The van der Waals surface area contributed by atoms with Crippen LogP contribution in [0, 0.1) is 0 Å². The van der Waals surface area contributed by atoms with Crippen molar-refractivity contribution in [1.82, 2.24) is 24.9 Å². The molecule has 0 spiro atoms. The van der Waals surface area contributed by atoms with Crippen molar-refractivity contribution >= 4 is 11.9 Å². The van der Waals surface area contributed by atoms with Gasteiger partial charge in [0.1, 0.15) is 5.69 Å². The summed E-state index contributed by atoms with van der Waals surface area (Å²) in [4.78, 5) is 23.5. The predicted octanol–water partition coefficient (Wildman–Crippen LogP) is 0.207. The molecule has 8 heteroatoms. The lowest BCUT2D eigenvalue weighted by Crippen LogP contribution is -2.37. The van der Waals surface area contributed by atoms with E-state index in [1.165, 1.54) is 0 Å². The molecule has 20 heavy (non-hydrogen) atoms. The van der Waals surface area contributed by atoms with E-state index in [4.69, 9.17) is 4.74 Å². The van der Waals surface area contributed by atoms with Crippen molar-refractivity contribution in [2.75, 3.05) is 43.6 Å². The van der Waals surface area contributed by atoms with Gasteiger partial charge in [-0.15, -0.1) is 0 Å². The molecule has 1 fully saturated rings. The monoisotopic (exact) mass is 273 g/mol. The summed E-state index contributed by atoms with van der Waals surface area (Å²) in [5, 5.41) is 2.95. The fourth-order valence-electron chi connectivity index (χ4n) is 1.91. The van der Waals surface area contributed by atoms with Crippen LogP contribution in [0.25, 0.3) is 11.5 Å². The number of nitrogens with zero attached hydrogens (tertiary/aromatic N) is 6. The summed E-state index contributed by atoms with van der Waals surface area (Å²) in [6.07, 6.45) is 4.87. The molecule has 0 saturated carbocycles. The first kappa shape index (κ1) is 12.7. The molecular weight excluding hydrogens is 258 g/mol. The van der Waals surface area contributed by atoms with Gasteiger partial charge in [0.15, 0.2) is 5.82 Å². The molecule has 8 nitrogen and oxygen atoms in total. The largest absolute Gasteiger partial charge is 0.378 e. The summed E-state index contributed by atoms with van der Waals surface area (Å²) in [6, 6.07) is 0. The average molecular weight is 273 g/mol. The zero-order chi connectivity index (χ0) is 13.8. The number of hydrogen-bond donors (Lipinski definition) is 1. The lowest BCUT2D eigenvalue weighted by molar-refractivity contribution is 0.122. The minimum atomic E-state index is 0.513. The molecule has 1 N–H and O–H groups in total. The van der Waals surface area contributed by atoms with Crippen LogP contribution in [-0.4, -0.2) is 58.3 Å². The van der Waals surface area contributed by atoms with Gasteiger partial charge in [-0.25, -0.2) is 4.98 Å². The van der Waals surface area contributed by atoms with Crippen LogP contribution in [0.2, 0.25) is 0 Å². The van der Waals surface area contributed by atoms with E-state index in [0.29, 0.717) is 36.6 Å². The van der Waals surface area contributed by atoms with Crippen molar-refractivity contribution in [3.63, 3.8) is 0 Å². The molecule has 3 heterocycles. The minimum Gasteiger partial charge on any atom is -0.378 e. The molecule has 1 aliphatic heterocycles. The number of ether oxygens (including phenoxy) is 1. The van der Waals surface area contributed by atoms with Crippen molar-refractivity contribution in [1.29, 1.82) is 0 Å². The van der Waals surface area contributed by atoms with Crippen LogP contribution in [-0.2, 0) is 4.74 Å². The maximum absolute atomic E-state index is 5.34. The molecule has 1 saturated heterocycles. The summed E-state index contributed by atoms with van der Waals surface area (Å²) >= 11 is 0. The van der Waals surface area contributed by atoms with E-state index in [-0.39, 0.29) is 0 Å². The zero-order valence-electron chi connectivity index (χ0n) is 11.2. The average Bonchev–Trinajstić information content (AvgIpc) is 2.56. The molecule has 0 radical (unpaired) electrons. The highest BCUT2D eigenvalue weighted by molar-refractivity contribution is 5.52. The van der Waals surface area contributed by atoms with Gasteiger partial charge in [0.05, 0.1) is 19.4 Å². The molecule has 0 bridgehead atoms. The summed E-state index contributed by atoms with van der Waals surface area (Å²) in [7, 11) is 1.78. The van der Waals surface area contributed by atoms with Crippen LogP contribution >= 0.6 is 0 Å². The van der Waals surface area contributed by atoms with Crippen LogP contribution < -0.4 is 10.2 Å². The van der Waals surface area contributed by atoms with E-state index < -0.39 is 0 Å². The Bertz CT molecular complexity index is 571. The summed E-state index contributed by atoms with van der Waals surface area (Å²) < 4.78 is 5.34. The van der Waals surface area contributed by atoms with Crippen molar-refractivity contribution in [3.05, 3.63) is 18.6 Å². The third-order valence-electron chi connectivity index (χ3n) is 2.93. The molecule has 104 valence electrons. The van der Waals surface area contributed by atoms with E-state index >= 15 is 0 Å². The fraction of sp³-hybridized carbons (Fsp3) is 0.417. The fourth-order valence-corrected chi connectivity index (χ4v) is 1.91. The highest BCUT2D eigenvalue weighted by atomic mass is 16.5. The van der Waals surface area contributed by atoms with Gasteiger partial charge in [-0.1, -0.05) is 0 Å². The maximum Gasteiger partial charge on any atom is 0.230 e. The number of aromatic nitrogens is 5. The Labute approximate surface area is 116 Å². The van der Waals surface area contributed by atoms with Crippen molar-refractivity contribution in [2.24, 2.45) is 0 Å². The molecular formula is C12H15N7O. The molecule has 2 aromatic heterocycles. The predicted molar refractivity (Wildman–Crippen MR) is 73.4 cm³/mol. The van der Waals surface area contributed by atoms with Gasteiger partial charge in [-0.05, 0) is 0 Å². The van der Waals surface area contributed by atoms with Gasteiger partial charge in [0.25, 0.3) is 0 Å². The van der Waals surface area contributed by atoms with Crippen LogP contribution in [0.5, 0.6) is 0 Å². The van der Waals surface area contributed by atoms with Gasteiger partial charge >= 0.3 is 0 Å².